The molecule has 1 aliphatic heterocycles. The van der Waals surface area contributed by atoms with Gasteiger partial charge in [-0.25, -0.2) is 0 Å². The van der Waals surface area contributed by atoms with Crippen LogP contribution in [0.2, 0.25) is 0 Å². The van der Waals surface area contributed by atoms with Crippen LogP contribution < -0.4 is 4.74 Å². The van der Waals surface area contributed by atoms with Gasteiger partial charge in [-0.2, -0.15) is 0 Å². The van der Waals surface area contributed by atoms with Crippen molar-refractivity contribution in [3.05, 3.63) is 119 Å². The van der Waals surface area contributed by atoms with Gasteiger partial charge in [0.05, 0.1) is 5.71 Å². The summed E-state index contributed by atoms with van der Waals surface area (Å²) < 4.78 is 5.97. The Morgan fingerprint density at radius 1 is 0.821 bits per heavy atom. The SMILES string of the molecule is C(C=Cc1ccccc1)=CC1=NCCc2cc(OCc3ccccc3)ccc21. The van der Waals surface area contributed by atoms with Crippen LogP contribution in [0, 0.1) is 0 Å². The Balaban J connectivity index is 1.43. The average Bonchev–Trinajstić information content (AvgIpc) is 2.76. The van der Waals surface area contributed by atoms with Crippen LogP contribution in [0.4, 0.5) is 0 Å². The third-order valence-corrected chi connectivity index (χ3v) is 4.72. The molecule has 0 bridgehead atoms. The van der Waals surface area contributed by atoms with E-state index in [0.29, 0.717) is 6.61 Å². The molecular weight excluding hydrogens is 342 g/mol. The van der Waals surface area contributed by atoms with Crippen molar-refractivity contribution >= 4 is 11.8 Å². The summed E-state index contributed by atoms with van der Waals surface area (Å²) in [5.41, 5.74) is 5.90. The fraction of sp³-hybridized carbons (Fsp3) is 0.115. The Hall–Kier alpha value is -3.39. The number of rotatable bonds is 6. The molecule has 0 aliphatic carbocycles. The maximum atomic E-state index is 5.97. The largest absolute Gasteiger partial charge is 0.489 e. The summed E-state index contributed by atoms with van der Waals surface area (Å²) in [4.78, 5) is 4.69. The first-order chi connectivity index (χ1) is 13.9. The quantitative estimate of drug-likeness (QED) is 0.500. The molecule has 3 aromatic rings. The summed E-state index contributed by atoms with van der Waals surface area (Å²) in [6, 6.07) is 26.9. The number of aliphatic imine (C=N–C) groups is 1. The van der Waals surface area contributed by atoms with Gasteiger partial charge in [0.1, 0.15) is 12.4 Å². The van der Waals surface area contributed by atoms with Crippen molar-refractivity contribution < 1.29 is 4.74 Å². The molecule has 0 amide bonds. The second kappa shape index (κ2) is 9.01. The molecule has 0 saturated carbocycles. The second-order valence-electron chi connectivity index (χ2n) is 6.74. The van der Waals surface area contributed by atoms with E-state index in [4.69, 9.17) is 9.73 Å². The minimum Gasteiger partial charge on any atom is -0.489 e. The predicted molar refractivity (Wildman–Crippen MR) is 117 cm³/mol. The van der Waals surface area contributed by atoms with E-state index in [-0.39, 0.29) is 0 Å². The van der Waals surface area contributed by atoms with E-state index in [2.05, 4.69) is 60.7 Å². The second-order valence-corrected chi connectivity index (χ2v) is 6.74. The minimum absolute atomic E-state index is 0.588. The van der Waals surface area contributed by atoms with Crippen LogP contribution in [-0.4, -0.2) is 12.3 Å². The lowest BCUT2D eigenvalue weighted by molar-refractivity contribution is 0.306. The number of fused-ring (bicyclic) bond motifs is 1. The lowest BCUT2D eigenvalue weighted by Crippen LogP contribution is -2.11. The van der Waals surface area contributed by atoms with Crippen molar-refractivity contribution in [2.45, 2.75) is 13.0 Å². The molecule has 0 fully saturated rings. The summed E-state index contributed by atoms with van der Waals surface area (Å²) >= 11 is 0. The zero-order valence-electron chi connectivity index (χ0n) is 15.8. The van der Waals surface area contributed by atoms with Crippen molar-refractivity contribution in [3.8, 4) is 5.75 Å². The molecule has 0 N–H and O–H groups in total. The Bertz CT molecular complexity index is 1000. The first-order valence-electron chi connectivity index (χ1n) is 9.63. The standard InChI is InChI=1S/C26H23NO/c1-3-9-21(10-4-1)11-7-8-14-26-25-16-15-24(19-23(25)17-18-27-26)28-20-22-12-5-2-6-13-22/h1-16,19H,17-18,20H2. The number of allylic oxidation sites excluding steroid dienone is 3. The van der Waals surface area contributed by atoms with Gasteiger partial charge in [0.15, 0.2) is 0 Å². The third kappa shape index (κ3) is 4.66. The van der Waals surface area contributed by atoms with Crippen LogP contribution in [0.5, 0.6) is 5.75 Å². The molecule has 0 atom stereocenters. The topological polar surface area (TPSA) is 21.6 Å². The van der Waals surface area contributed by atoms with Gasteiger partial charge in [0.2, 0.25) is 0 Å². The highest BCUT2D eigenvalue weighted by molar-refractivity contribution is 6.10. The van der Waals surface area contributed by atoms with Crippen molar-refractivity contribution in [1.82, 2.24) is 0 Å². The van der Waals surface area contributed by atoms with Crippen LogP contribution in [-0.2, 0) is 13.0 Å². The lowest BCUT2D eigenvalue weighted by atomic mass is 9.97. The first-order valence-corrected chi connectivity index (χ1v) is 9.63. The minimum atomic E-state index is 0.588. The molecule has 3 aromatic carbocycles. The van der Waals surface area contributed by atoms with Gasteiger partial charge >= 0.3 is 0 Å². The van der Waals surface area contributed by atoms with E-state index in [1.165, 1.54) is 22.3 Å². The monoisotopic (exact) mass is 365 g/mol. The van der Waals surface area contributed by atoms with Crippen LogP contribution in [0.25, 0.3) is 6.08 Å². The van der Waals surface area contributed by atoms with Crippen molar-refractivity contribution in [2.24, 2.45) is 4.99 Å². The van der Waals surface area contributed by atoms with Gasteiger partial charge in [-0.05, 0) is 47.4 Å². The molecule has 138 valence electrons. The Labute approximate surface area is 166 Å². The van der Waals surface area contributed by atoms with E-state index in [1.54, 1.807) is 0 Å². The van der Waals surface area contributed by atoms with Gasteiger partial charge in [-0.15, -0.1) is 0 Å². The molecule has 4 rings (SSSR count). The molecular formula is C26H23NO. The van der Waals surface area contributed by atoms with E-state index in [0.717, 1.165) is 24.4 Å². The first kappa shape index (κ1) is 18.0. The molecule has 28 heavy (non-hydrogen) atoms. The smallest absolute Gasteiger partial charge is 0.120 e. The van der Waals surface area contributed by atoms with E-state index < -0.39 is 0 Å². The highest BCUT2D eigenvalue weighted by Gasteiger charge is 2.12. The van der Waals surface area contributed by atoms with Gasteiger partial charge in [-0.1, -0.05) is 78.9 Å². The number of benzene rings is 3. The van der Waals surface area contributed by atoms with Gasteiger partial charge in [0, 0.05) is 12.1 Å². The molecule has 2 heteroatoms. The molecule has 0 spiro atoms. The maximum Gasteiger partial charge on any atom is 0.120 e. The summed E-state index contributed by atoms with van der Waals surface area (Å²) in [6.45, 7) is 1.40. The predicted octanol–water partition coefficient (Wildman–Crippen LogP) is 5.88. The normalized spacial score (nSPS) is 13.5. The number of hydrogen-bond acceptors (Lipinski definition) is 2. The van der Waals surface area contributed by atoms with Crippen molar-refractivity contribution in [2.75, 3.05) is 6.54 Å². The number of hydrogen-bond donors (Lipinski definition) is 0. The summed E-state index contributed by atoms with van der Waals surface area (Å²) in [6.07, 6.45) is 9.25. The van der Waals surface area contributed by atoms with Crippen LogP contribution in [0.15, 0.2) is 102 Å². The Kier molecular flexibility index (Phi) is 5.79. The summed E-state index contributed by atoms with van der Waals surface area (Å²) in [5, 5.41) is 0. The molecule has 0 radical (unpaired) electrons. The third-order valence-electron chi connectivity index (χ3n) is 4.72. The molecule has 1 heterocycles. The number of nitrogens with zero attached hydrogens (tertiary/aromatic N) is 1. The highest BCUT2D eigenvalue weighted by Crippen LogP contribution is 2.23. The average molecular weight is 365 g/mol. The summed E-state index contributed by atoms with van der Waals surface area (Å²) in [7, 11) is 0. The summed E-state index contributed by atoms with van der Waals surface area (Å²) in [5.74, 6) is 0.914. The fourth-order valence-corrected chi connectivity index (χ4v) is 3.26. The number of ether oxygens (including phenoxy) is 1. The Morgan fingerprint density at radius 2 is 1.57 bits per heavy atom. The lowest BCUT2D eigenvalue weighted by Gasteiger charge is -2.16. The highest BCUT2D eigenvalue weighted by atomic mass is 16.5. The molecule has 0 aromatic heterocycles. The Morgan fingerprint density at radius 3 is 2.39 bits per heavy atom. The van der Waals surface area contributed by atoms with Crippen molar-refractivity contribution in [1.29, 1.82) is 0 Å². The molecule has 0 saturated heterocycles. The van der Waals surface area contributed by atoms with Crippen LogP contribution >= 0.6 is 0 Å². The van der Waals surface area contributed by atoms with Crippen LogP contribution in [0.3, 0.4) is 0 Å². The van der Waals surface area contributed by atoms with E-state index in [9.17, 15) is 0 Å². The van der Waals surface area contributed by atoms with Crippen molar-refractivity contribution in [3.63, 3.8) is 0 Å². The molecule has 2 nitrogen and oxygen atoms in total. The van der Waals surface area contributed by atoms with Gasteiger partial charge < -0.3 is 4.74 Å². The zero-order chi connectivity index (χ0) is 19.0. The zero-order valence-corrected chi connectivity index (χ0v) is 15.8. The van der Waals surface area contributed by atoms with Gasteiger partial charge in [0.25, 0.3) is 0 Å². The maximum absolute atomic E-state index is 5.97. The molecule has 1 aliphatic rings. The van der Waals surface area contributed by atoms with Gasteiger partial charge in [-0.3, -0.25) is 4.99 Å². The molecule has 0 unspecified atom stereocenters. The van der Waals surface area contributed by atoms with E-state index >= 15 is 0 Å². The van der Waals surface area contributed by atoms with Crippen LogP contribution in [0.1, 0.15) is 22.3 Å². The van der Waals surface area contributed by atoms with E-state index in [1.807, 2.05) is 42.5 Å². The fourth-order valence-electron chi connectivity index (χ4n) is 3.26.